The molecule has 8 aliphatic rings. The van der Waals surface area contributed by atoms with Gasteiger partial charge in [0.05, 0.1) is 66.5 Å². The summed E-state index contributed by atoms with van der Waals surface area (Å²) in [6, 6.07) is 0. The largest absolute Gasteiger partial charge is 0.426 e. The first-order valence-electron chi connectivity index (χ1n) is 35.3. The molecule has 19 unspecified atom stereocenters. The second kappa shape index (κ2) is 49.5. The summed E-state index contributed by atoms with van der Waals surface area (Å²) in [5, 5.41) is 68.9. The zero-order chi connectivity index (χ0) is 86.6. The van der Waals surface area contributed by atoms with E-state index in [1.54, 1.807) is 6.92 Å². The Bertz CT molecular complexity index is 2320. The molecule has 8 bridgehead atoms. The van der Waals surface area contributed by atoms with Gasteiger partial charge in [0.15, 0.2) is 0 Å². The topological polar surface area (TPSA) is 236 Å². The van der Waals surface area contributed by atoms with Gasteiger partial charge in [0, 0.05) is 0 Å². The van der Waals surface area contributed by atoms with Crippen molar-refractivity contribution in [2.24, 2.45) is 40.4 Å². The third kappa shape index (κ3) is 33.3. The molecule has 724 valence electrons. The molecule has 8 N–H and O–H groups in total. The van der Waals surface area contributed by atoms with Gasteiger partial charge in [0.2, 0.25) is 0 Å². The highest BCUT2D eigenvalue weighted by Gasteiger charge is 2.75. The van der Waals surface area contributed by atoms with E-state index in [4.69, 9.17) is 60.4 Å². The fraction of sp³-hybridized carbons (Fsp3) is 1.00. The van der Waals surface area contributed by atoms with Gasteiger partial charge in [0.25, 0.3) is 22.4 Å². The van der Waals surface area contributed by atoms with Gasteiger partial charge in [-0.15, -0.1) is 0 Å². The van der Waals surface area contributed by atoms with Crippen molar-refractivity contribution in [1.82, 2.24) is 0 Å². The van der Waals surface area contributed by atoms with Crippen LogP contribution in [-0.4, -0.2) is 198 Å². The number of rotatable bonds is 20. The third-order valence-corrected chi connectivity index (χ3v) is 22.8. The third-order valence-electron chi connectivity index (χ3n) is 22.8. The number of alkyl halides is 28. The fourth-order valence-electron chi connectivity index (χ4n) is 13.0. The first kappa shape index (κ1) is 131. The first-order valence-corrected chi connectivity index (χ1v) is 35.3. The van der Waals surface area contributed by atoms with Crippen LogP contribution in [0.2, 0.25) is 0 Å². The van der Waals surface area contributed by atoms with Gasteiger partial charge in [0.1, 0.15) is 17.9 Å². The van der Waals surface area contributed by atoms with Crippen molar-refractivity contribution in [2.45, 2.75) is 435 Å². The van der Waals surface area contributed by atoms with E-state index in [0.29, 0.717) is 63.7 Å². The summed E-state index contributed by atoms with van der Waals surface area (Å²) in [6.07, 6.45) is -53.8. The standard InChI is InChI=1S/4C10H12F6O2.C7H13F3O2.C7H16O2.C6H13FO2.C6H14O2.8CH4/c4*11-9(12,13)8(17,10(14,15)16)4-5-3-6-1-2-7(5)18-6;1-4-6(3,5(2)12-11)7(8,9)10;1-5-7(3,4)6(2)9-8;1-4-6(3,7)5(2)9-8;1-4-5(2)6(3)8-7;;;;;;;;/h4*5-7,17H,1-4H2;5,11H,4H2,1-3H3;6,8H,5H2,1-4H3;5,8H,4H2,1-3H3;5-7H,4H2,1-3H3;8*1H4. The van der Waals surface area contributed by atoms with Crippen LogP contribution in [0.4, 0.5) is 123 Å². The van der Waals surface area contributed by atoms with E-state index in [-0.39, 0.29) is 134 Å². The molecule has 0 amide bonds. The maximum Gasteiger partial charge on any atom is 0.426 e. The number of aliphatic hydroxyl groups is 4. The van der Waals surface area contributed by atoms with Gasteiger partial charge in [-0.1, -0.05) is 114 Å². The highest BCUT2D eigenvalue weighted by Crippen LogP contribution is 2.56. The predicted octanol–water partition coefficient (Wildman–Crippen LogP) is 25.3. The molecular formula is C74H136F28O16. The SMILES string of the molecule is C.C.C.C.C.C.C.C.CCC(C)(C(C)OO)C(F)(F)F.CCC(C)(C)C(C)OO.CCC(C)(F)C(C)OO.CCC(C)C(C)OO.OC(CC1CC2CCC1O2)(C(F)(F)F)C(F)(F)F.OC(CC1CC2CCC1O2)(C(F)(F)F)C(F)(F)F.OC(CC1CC2CCC1O2)(C(F)(F)F)C(F)(F)F.OC(CC1CC2CCC1O2)(C(F)(F)F)C(F)(F)F. The van der Waals surface area contributed by atoms with Crippen molar-refractivity contribution < 1.29 is 203 Å². The Morgan fingerprint density at radius 1 is 0.297 bits per heavy atom. The summed E-state index contributed by atoms with van der Waals surface area (Å²) in [5.41, 5.74) is -21.9. The minimum absolute atomic E-state index is 0. The lowest BCUT2D eigenvalue weighted by molar-refractivity contribution is -0.373. The lowest BCUT2D eigenvalue weighted by Crippen LogP contribution is -2.58. The van der Waals surface area contributed by atoms with E-state index < -0.39 is 175 Å². The van der Waals surface area contributed by atoms with Gasteiger partial charge in [-0.3, -0.25) is 21.0 Å². The molecule has 0 saturated carbocycles. The second-order valence-electron chi connectivity index (χ2n) is 30.4. The summed E-state index contributed by atoms with van der Waals surface area (Å²) < 4.78 is 370. The number of fused-ring (bicyclic) bond motifs is 8. The molecule has 0 spiro atoms. The van der Waals surface area contributed by atoms with Crippen LogP contribution in [0.15, 0.2) is 0 Å². The molecule has 8 rings (SSSR count). The van der Waals surface area contributed by atoms with Gasteiger partial charge in [-0.05, 0) is 199 Å². The molecule has 118 heavy (non-hydrogen) atoms. The van der Waals surface area contributed by atoms with Crippen molar-refractivity contribution in [2.75, 3.05) is 0 Å². The molecule has 8 aliphatic heterocycles. The van der Waals surface area contributed by atoms with E-state index in [2.05, 4.69) is 47.2 Å². The molecular weight excluding hydrogens is 1680 g/mol. The van der Waals surface area contributed by atoms with Crippen molar-refractivity contribution in [3.05, 3.63) is 0 Å². The summed E-state index contributed by atoms with van der Waals surface area (Å²) in [5.74, 6) is -3.12. The van der Waals surface area contributed by atoms with E-state index in [1.807, 2.05) is 20.8 Å². The number of ether oxygens (including phenoxy) is 4. The Morgan fingerprint density at radius 2 is 0.508 bits per heavy atom. The Kier molecular flexibility index (Phi) is 54.9. The molecule has 19 atom stereocenters. The smallest absolute Gasteiger partial charge is 0.375 e. The van der Waals surface area contributed by atoms with E-state index >= 15 is 0 Å². The Balaban J connectivity index is -0.000000197. The van der Waals surface area contributed by atoms with Crippen molar-refractivity contribution in [3.63, 3.8) is 0 Å². The number of hydrogen-bond acceptors (Lipinski definition) is 16. The minimum Gasteiger partial charge on any atom is -0.375 e. The van der Waals surface area contributed by atoms with Crippen LogP contribution in [0.1, 0.15) is 278 Å². The predicted molar refractivity (Wildman–Crippen MR) is 385 cm³/mol. The van der Waals surface area contributed by atoms with E-state index in [9.17, 15) is 123 Å². The van der Waals surface area contributed by atoms with Crippen molar-refractivity contribution in [1.29, 1.82) is 0 Å². The molecule has 16 nitrogen and oxygen atoms in total. The molecule has 8 heterocycles. The monoisotopic (exact) mass is 1810 g/mol. The summed E-state index contributed by atoms with van der Waals surface area (Å²) >= 11 is 0. The maximum absolute atomic E-state index is 12.9. The summed E-state index contributed by atoms with van der Waals surface area (Å²) in [6.45, 7) is 22.2. The van der Waals surface area contributed by atoms with Crippen LogP contribution in [0.5, 0.6) is 0 Å². The zero-order valence-corrected chi connectivity index (χ0v) is 62.4. The highest BCUT2D eigenvalue weighted by molar-refractivity contribution is 5.05. The van der Waals surface area contributed by atoms with Crippen LogP contribution in [0.25, 0.3) is 0 Å². The fourth-order valence-corrected chi connectivity index (χ4v) is 13.0. The Morgan fingerprint density at radius 3 is 0.593 bits per heavy atom. The minimum atomic E-state index is -5.73. The van der Waals surface area contributed by atoms with Crippen LogP contribution >= 0.6 is 0 Å². The Hall–Kier alpha value is -2.60. The molecule has 0 radical (unpaired) electrons. The van der Waals surface area contributed by atoms with Crippen LogP contribution in [0.3, 0.4) is 0 Å². The van der Waals surface area contributed by atoms with Gasteiger partial charge < -0.3 is 39.4 Å². The zero-order valence-electron chi connectivity index (χ0n) is 62.4. The summed E-state index contributed by atoms with van der Waals surface area (Å²) in [4.78, 5) is 15.9. The van der Waals surface area contributed by atoms with Gasteiger partial charge in [-0.2, -0.15) is 119 Å². The molecule has 0 aromatic carbocycles. The molecule has 0 aliphatic carbocycles. The molecule has 0 aromatic heterocycles. The van der Waals surface area contributed by atoms with Crippen LogP contribution < -0.4 is 0 Å². The number of halogens is 28. The number of hydrogen-bond donors (Lipinski definition) is 8. The average Bonchev–Trinajstić information content (AvgIpc) is 1.38. The summed E-state index contributed by atoms with van der Waals surface area (Å²) in [7, 11) is 0. The van der Waals surface area contributed by atoms with Crippen LogP contribution in [-0.2, 0) is 38.5 Å². The molecule has 8 saturated heterocycles. The lowest BCUT2D eigenvalue weighted by Gasteiger charge is -2.35. The maximum atomic E-state index is 12.9. The van der Waals surface area contributed by atoms with E-state index in [0.717, 1.165) is 19.8 Å². The normalized spacial score (nSPS) is 26.3. The second-order valence-corrected chi connectivity index (χ2v) is 30.4. The first-order chi connectivity index (χ1) is 49.3. The van der Waals surface area contributed by atoms with Gasteiger partial charge in [-0.25, -0.2) is 23.9 Å². The van der Waals surface area contributed by atoms with Crippen molar-refractivity contribution in [3.8, 4) is 0 Å². The molecule has 0 aromatic rings. The molecule has 8 fully saturated rings. The highest BCUT2D eigenvalue weighted by atomic mass is 19.5. The molecule has 44 heteroatoms. The quantitative estimate of drug-likeness (QED) is 0.0321. The van der Waals surface area contributed by atoms with E-state index in [1.165, 1.54) is 27.7 Å². The Labute approximate surface area is 676 Å². The van der Waals surface area contributed by atoms with Crippen LogP contribution in [0, 0.1) is 40.4 Å². The van der Waals surface area contributed by atoms with Crippen molar-refractivity contribution >= 4 is 0 Å². The lowest BCUT2D eigenvalue weighted by atomic mass is 9.80. The van der Waals surface area contributed by atoms with Gasteiger partial charge >= 0.3 is 55.6 Å². The average molecular weight is 1810 g/mol.